The van der Waals surface area contributed by atoms with E-state index in [9.17, 15) is 14.9 Å². The molecule has 1 aliphatic heterocycles. The van der Waals surface area contributed by atoms with Gasteiger partial charge in [-0.3, -0.25) is 9.48 Å². The van der Waals surface area contributed by atoms with Crippen LogP contribution in [0.15, 0.2) is 28.9 Å². The van der Waals surface area contributed by atoms with Gasteiger partial charge in [-0.25, -0.2) is 4.79 Å². The average molecular weight is 448 g/mol. The topological polar surface area (TPSA) is 132 Å². The van der Waals surface area contributed by atoms with Crippen molar-refractivity contribution >= 4 is 39.3 Å². The summed E-state index contributed by atoms with van der Waals surface area (Å²) in [5.41, 5.74) is 6.63. The molecule has 2 aromatic rings. The van der Waals surface area contributed by atoms with Crippen molar-refractivity contribution in [3.63, 3.8) is 0 Å². The van der Waals surface area contributed by atoms with Gasteiger partial charge in [-0.2, -0.15) is 10.4 Å². The first-order valence-electron chi connectivity index (χ1n) is 8.45. The Morgan fingerprint density at radius 1 is 1.46 bits per heavy atom. The summed E-state index contributed by atoms with van der Waals surface area (Å²) in [6.45, 7) is 0.848. The highest BCUT2D eigenvalue weighted by Gasteiger charge is 2.29. The molecule has 10 heteroatoms. The first-order valence-corrected chi connectivity index (χ1v) is 9.25. The second kappa shape index (κ2) is 8.41. The number of carbonyl (C=O) groups excluding carboxylic acids is 2. The Kier molecular flexibility index (Phi) is 5.96. The Morgan fingerprint density at radius 2 is 2.25 bits per heavy atom. The lowest BCUT2D eigenvalue weighted by molar-refractivity contribution is 0.0342. The molecular formula is C18H18BrN5O4. The molecule has 0 bridgehead atoms. The minimum absolute atomic E-state index is 0.190. The number of nitrogens with one attached hydrogen (secondary N) is 1. The predicted molar refractivity (Wildman–Crippen MR) is 103 cm³/mol. The maximum atomic E-state index is 11.9. The molecule has 3 rings (SSSR count). The molecule has 0 spiro atoms. The number of methoxy groups -OCH3 is 1. The third-order valence-corrected chi connectivity index (χ3v) is 5.12. The van der Waals surface area contributed by atoms with E-state index in [0.717, 1.165) is 0 Å². The number of aromatic nitrogens is 2. The largest absolute Gasteiger partial charge is 0.465 e. The van der Waals surface area contributed by atoms with Crippen molar-refractivity contribution < 1.29 is 19.1 Å². The van der Waals surface area contributed by atoms with Crippen molar-refractivity contribution in [2.45, 2.75) is 12.5 Å². The van der Waals surface area contributed by atoms with Gasteiger partial charge in [-0.15, -0.1) is 0 Å². The van der Waals surface area contributed by atoms with Gasteiger partial charge < -0.3 is 20.5 Å². The number of hydrogen-bond acceptors (Lipinski definition) is 7. The molecule has 0 saturated carbocycles. The molecule has 0 radical (unpaired) electrons. The third kappa shape index (κ3) is 4.00. The van der Waals surface area contributed by atoms with Crippen molar-refractivity contribution in [3.8, 4) is 6.07 Å². The highest BCUT2D eigenvalue weighted by Crippen LogP contribution is 2.29. The van der Waals surface area contributed by atoms with E-state index in [4.69, 9.17) is 15.2 Å². The van der Waals surface area contributed by atoms with Crippen LogP contribution < -0.4 is 11.1 Å². The fraction of sp³-hybridized carbons (Fsp3) is 0.333. The highest BCUT2D eigenvalue weighted by atomic mass is 79.9. The molecule has 2 unspecified atom stereocenters. The van der Waals surface area contributed by atoms with E-state index < -0.39 is 11.9 Å². The Balaban J connectivity index is 1.91. The summed E-state index contributed by atoms with van der Waals surface area (Å²) in [7, 11) is 1.30. The summed E-state index contributed by atoms with van der Waals surface area (Å²) in [6, 6.07) is 6.86. The van der Waals surface area contributed by atoms with E-state index in [1.54, 1.807) is 22.9 Å². The molecular weight excluding hydrogens is 430 g/mol. The van der Waals surface area contributed by atoms with E-state index in [2.05, 4.69) is 32.4 Å². The zero-order chi connectivity index (χ0) is 20.3. The molecule has 1 fully saturated rings. The Morgan fingerprint density at radius 3 is 2.89 bits per heavy atom. The van der Waals surface area contributed by atoms with Crippen LogP contribution >= 0.6 is 15.9 Å². The van der Waals surface area contributed by atoms with Crippen LogP contribution in [0.1, 0.15) is 33.2 Å². The molecule has 1 saturated heterocycles. The van der Waals surface area contributed by atoms with Crippen LogP contribution in [0.4, 0.5) is 11.5 Å². The number of ether oxygens (including phenoxy) is 2. The zero-order valence-electron chi connectivity index (χ0n) is 15.0. The van der Waals surface area contributed by atoms with Gasteiger partial charge in [0.25, 0.3) is 5.91 Å². The number of amides is 1. The minimum Gasteiger partial charge on any atom is -0.465 e. The van der Waals surface area contributed by atoms with Crippen LogP contribution in [0.3, 0.4) is 0 Å². The Bertz CT molecular complexity index is 952. The number of hydrogen-bond donors (Lipinski definition) is 2. The third-order valence-electron chi connectivity index (χ3n) is 4.47. The molecule has 0 aliphatic carbocycles. The van der Waals surface area contributed by atoms with Gasteiger partial charge in [0, 0.05) is 23.0 Å². The number of rotatable bonds is 5. The standard InChI is InChI=1S/C18H18BrN5O4/c1-27-18(26)12-3-2-11(6-14(12)19)22-17-13(16(21)25)8-24(23-17)15-9-28-5-4-10(15)7-20/h2-3,6,8,10,15H,4-5,9H2,1H3,(H2,21,25)(H,22,23). The monoisotopic (exact) mass is 447 g/mol. The molecule has 146 valence electrons. The van der Waals surface area contributed by atoms with Gasteiger partial charge in [0.2, 0.25) is 0 Å². The van der Waals surface area contributed by atoms with E-state index in [1.807, 2.05) is 0 Å². The van der Waals surface area contributed by atoms with Gasteiger partial charge in [0.15, 0.2) is 5.82 Å². The summed E-state index contributed by atoms with van der Waals surface area (Å²) < 4.78 is 12.2. The van der Waals surface area contributed by atoms with Crippen molar-refractivity contribution in [1.29, 1.82) is 5.26 Å². The van der Waals surface area contributed by atoms with Crippen molar-refractivity contribution in [3.05, 3.63) is 40.0 Å². The van der Waals surface area contributed by atoms with Crippen LogP contribution in [0.25, 0.3) is 0 Å². The number of primary amides is 1. The highest BCUT2D eigenvalue weighted by molar-refractivity contribution is 9.10. The van der Waals surface area contributed by atoms with Crippen molar-refractivity contribution in [1.82, 2.24) is 9.78 Å². The molecule has 2 heterocycles. The number of nitrogens with two attached hydrogens (primary N) is 1. The number of benzene rings is 1. The van der Waals surface area contributed by atoms with Crippen molar-refractivity contribution in [2.75, 3.05) is 25.6 Å². The second-order valence-corrected chi connectivity index (χ2v) is 7.07. The first-order chi connectivity index (χ1) is 13.4. The normalized spacial score (nSPS) is 18.9. The van der Waals surface area contributed by atoms with Gasteiger partial charge in [-0.05, 0) is 40.5 Å². The number of nitrogens with zero attached hydrogens (tertiary/aromatic N) is 3. The number of anilines is 2. The molecule has 3 N–H and O–H groups in total. The summed E-state index contributed by atoms with van der Waals surface area (Å²) in [5, 5.41) is 16.8. The van der Waals surface area contributed by atoms with Crippen LogP contribution in [0.5, 0.6) is 0 Å². The maximum absolute atomic E-state index is 11.9. The fourth-order valence-electron chi connectivity index (χ4n) is 2.97. The quantitative estimate of drug-likeness (QED) is 0.671. The van der Waals surface area contributed by atoms with Gasteiger partial charge in [0.1, 0.15) is 5.56 Å². The van der Waals surface area contributed by atoms with Gasteiger partial charge in [-0.1, -0.05) is 0 Å². The summed E-state index contributed by atoms with van der Waals surface area (Å²) in [4.78, 5) is 23.6. The summed E-state index contributed by atoms with van der Waals surface area (Å²) >= 11 is 3.32. The zero-order valence-corrected chi connectivity index (χ0v) is 16.6. The molecule has 2 atom stereocenters. The number of esters is 1. The SMILES string of the molecule is COC(=O)c1ccc(Nc2nn(C3COCCC3C#N)cc2C(N)=O)cc1Br. The van der Waals surface area contributed by atoms with E-state index in [0.29, 0.717) is 35.4 Å². The van der Waals surface area contributed by atoms with E-state index >= 15 is 0 Å². The van der Waals surface area contributed by atoms with Crippen LogP contribution in [-0.2, 0) is 9.47 Å². The number of nitriles is 1. The Hall–Kier alpha value is -2.90. The maximum Gasteiger partial charge on any atom is 0.339 e. The molecule has 9 nitrogen and oxygen atoms in total. The summed E-state index contributed by atoms with van der Waals surface area (Å²) in [5.74, 6) is -1.13. The van der Waals surface area contributed by atoms with Gasteiger partial charge >= 0.3 is 5.97 Å². The van der Waals surface area contributed by atoms with E-state index in [-0.39, 0.29) is 23.3 Å². The lowest BCUT2D eigenvalue weighted by Crippen LogP contribution is -2.29. The van der Waals surface area contributed by atoms with Crippen LogP contribution in [-0.4, -0.2) is 42.0 Å². The second-order valence-electron chi connectivity index (χ2n) is 6.21. The van der Waals surface area contributed by atoms with Crippen LogP contribution in [0, 0.1) is 17.2 Å². The molecule has 1 aliphatic rings. The first kappa shape index (κ1) is 19.9. The number of halogens is 1. The predicted octanol–water partition coefficient (Wildman–Crippen LogP) is 2.38. The van der Waals surface area contributed by atoms with Gasteiger partial charge in [0.05, 0.1) is 37.3 Å². The van der Waals surface area contributed by atoms with E-state index in [1.165, 1.54) is 13.3 Å². The van der Waals surface area contributed by atoms with Crippen molar-refractivity contribution in [2.24, 2.45) is 11.7 Å². The molecule has 1 aromatic heterocycles. The fourth-order valence-corrected chi connectivity index (χ4v) is 3.51. The smallest absolute Gasteiger partial charge is 0.339 e. The average Bonchev–Trinajstić information content (AvgIpc) is 3.11. The molecule has 1 amide bonds. The lowest BCUT2D eigenvalue weighted by Gasteiger charge is -2.26. The number of carbonyl (C=O) groups is 2. The minimum atomic E-state index is -0.649. The molecule has 1 aromatic carbocycles. The summed E-state index contributed by atoms with van der Waals surface area (Å²) in [6.07, 6.45) is 2.11. The van der Waals surface area contributed by atoms with Crippen LogP contribution in [0.2, 0.25) is 0 Å². The lowest BCUT2D eigenvalue weighted by atomic mass is 9.97. The Labute approximate surface area is 169 Å². The molecule has 28 heavy (non-hydrogen) atoms.